The lowest BCUT2D eigenvalue weighted by atomic mass is 10.1. The molecule has 4 heterocycles. The van der Waals surface area contributed by atoms with Crippen LogP contribution in [0.1, 0.15) is 50.3 Å². The maximum atomic E-state index is 3.65. The highest BCUT2D eigenvalue weighted by atomic mass is 32.1. The number of aryl methyl sites for hydroxylation is 1. The number of unbranched alkanes of at least 4 members (excludes halogenated alkanes) is 5. The molecule has 40 heavy (non-hydrogen) atoms. The molecule has 7 rings (SSSR count). The molecule has 0 aliphatic heterocycles. The smallest absolute Gasteiger partial charge is 0.0888 e. The first kappa shape index (κ1) is 26.2. The molecular formula is C35H33NS4. The van der Waals surface area contributed by atoms with E-state index in [9.17, 15) is 0 Å². The van der Waals surface area contributed by atoms with Gasteiger partial charge in [0.15, 0.2) is 0 Å². The van der Waals surface area contributed by atoms with Gasteiger partial charge in [-0.05, 0) is 73.0 Å². The van der Waals surface area contributed by atoms with Gasteiger partial charge in [-0.15, -0.1) is 45.3 Å². The molecule has 0 fully saturated rings. The second kappa shape index (κ2) is 11.3. The Bertz CT molecular complexity index is 1950. The van der Waals surface area contributed by atoms with Crippen LogP contribution in [0.3, 0.4) is 0 Å². The molecule has 0 unspecified atom stereocenters. The Labute approximate surface area is 252 Å². The van der Waals surface area contributed by atoms with Crippen molar-refractivity contribution in [3.8, 4) is 20.9 Å². The van der Waals surface area contributed by atoms with E-state index in [0.29, 0.717) is 0 Å². The zero-order chi connectivity index (χ0) is 27.1. The van der Waals surface area contributed by atoms with E-state index in [2.05, 4.69) is 92.0 Å². The van der Waals surface area contributed by atoms with E-state index in [1.54, 1.807) is 0 Å². The van der Waals surface area contributed by atoms with Crippen LogP contribution in [-0.4, -0.2) is 6.54 Å². The Kier molecular flexibility index (Phi) is 7.40. The van der Waals surface area contributed by atoms with E-state index in [4.69, 9.17) is 0 Å². The molecule has 1 nitrogen and oxygen atoms in total. The first-order valence-corrected chi connectivity index (χ1v) is 17.7. The highest BCUT2D eigenvalue weighted by Gasteiger charge is 2.13. The fourth-order valence-corrected chi connectivity index (χ4v) is 9.77. The van der Waals surface area contributed by atoms with Crippen LogP contribution >= 0.6 is 45.3 Å². The second-order valence-electron chi connectivity index (χ2n) is 10.7. The number of hydrogen-bond donors (Lipinski definition) is 1. The van der Waals surface area contributed by atoms with Gasteiger partial charge in [-0.3, -0.25) is 0 Å². The summed E-state index contributed by atoms with van der Waals surface area (Å²) in [5, 5.41) is 10.4. The van der Waals surface area contributed by atoms with Gasteiger partial charge in [-0.1, -0.05) is 63.3 Å². The number of nitrogens with one attached hydrogen (secondary N) is 1. The van der Waals surface area contributed by atoms with Gasteiger partial charge in [0.05, 0.1) is 5.00 Å². The van der Waals surface area contributed by atoms with Crippen molar-refractivity contribution in [1.82, 2.24) is 0 Å². The lowest BCUT2D eigenvalue weighted by molar-refractivity contribution is 0.617. The van der Waals surface area contributed by atoms with Gasteiger partial charge in [-0.25, -0.2) is 0 Å². The maximum Gasteiger partial charge on any atom is 0.0888 e. The summed E-state index contributed by atoms with van der Waals surface area (Å²) in [6.07, 6.45) is 8.02. The maximum absolute atomic E-state index is 3.65. The molecule has 0 aliphatic carbocycles. The van der Waals surface area contributed by atoms with Gasteiger partial charge in [0.25, 0.3) is 0 Å². The van der Waals surface area contributed by atoms with Gasteiger partial charge in [0, 0.05) is 61.5 Å². The summed E-state index contributed by atoms with van der Waals surface area (Å²) in [4.78, 5) is 4.06. The van der Waals surface area contributed by atoms with Crippen LogP contribution < -0.4 is 5.32 Å². The van der Waals surface area contributed by atoms with Gasteiger partial charge in [-0.2, -0.15) is 0 Å². The van der Waals surface area contributed by atoms with E-state index in [-0.39, 0.29) is 0 Å². The standard InChI is InChI=1S/C35H33NS4/c1-3-4-5-6-7-8-17-36-35-16-15-30(40-35)24-11-13-26-28-21-33-27(20-34(28)39-32(26)19-24)25-12-10-23(18-31(25)38-33)29-14-9-22(2)37-29/h9-16,18-21,36H,3-8,17H2,1-2H3. The topological polar surface area (TPSA) is 12.0 Å². The second-order valence-corrected chi connectivity index (χ2v) is 15.3. The number of anilines is 1. The molecule has 4 aromatic heterocycles. The normalized spacial score (nSPS) is 11.9. The summed E-state index contributed by atoms with van der Waals surface area (Å²) < 4.78 is 5.51. The molecule has 0 bridgehead atoms. The lowest BCUT2D eigenvalue weighted by Crippen LogP contribution is -1.99. The fraction of sp³-hybridized carbons (Fsp3) is 0.257. The van der Waals surface area contributed by atoms with E-state index in [1.165, 1.54) is 110 Å². The van der Waals surface area contributed by atoms with Crippen molar-refractivity contribution >= 4 is 90.7 Å². The van der Waals surface area contributed by atoms with Crippen molar-refractivity contribution in [3.63, 3.8) is 0 Å². The zero-order valence-electron chi connectivity index (χ0n) is 23.0. The monoisotopic (exact) mass is 595 g/mol. The molecule has 3 aromatic carbocycles. The first-order valence-electron chi connectivity index (χ1n) is 14.4. The Morgan fingerprint density at radius 1 is 0.525 bits per heavy atom. The molecule has 0 amide bonds. The average Bonchev–Trinajstić information content (AvgIpc) is 3.75. The molecule has 0 radical (unpaired) electrons. The Morgan fingerprint density at radius 3 is 1.73 bits per heavy atom. The van der Waals surface area contributed by atoms with E-state index in [1.807, 2.05) is 45.3 Å². The van der Waals surface area contributed by atoms with Gasteiger partial charge in [0.2, 0.25) is 0 Å². The van der Waals surface area contributed by atoms with Crippen LogP contribution in [0.15, 0.2) is 72.8 Å². The molecule has 0 saturated carbocycles. The minimum Gasteiger partial charge on any atom is -0.377 e. The van der Waals surface area contributed by atoms with Gasteiger partial charge >= 0.3 is 0 Å². The molecule has 0 saturated heterocycles. The highest BCUT2D eigenvalue weighted by molar-refractivity contribution is 7.27. The summed E-state index contributed by atoms with van der Waals surface area (Å²) in [5.41, 5.74) is 2.64. The molecule has 1 N–H and O–H groups in total. The molecule has 5 heteroatoms. The van der Waals surface area contributed by atoms with Crippen molar-refractivity contribution in [1.29, 1.82) is 0 Å². The number of fused-ring (bicyclic) bond motifs is 6. The third-order valence-corrected chi connectivity index (χ3v) is 12.2. The quantitative estimate of drug-likeness (QED) is 0.155. The molecule has 0 spiro atoms. The first-order chi connectivity index (χ1) is 19.7. The molecule has 0 atom stereocenters. The minimum atomic E-state index is 1.07. The highest BCUT2D eigenvalue weighted by Crippen LogP contribution is 2.44. The van der Waals surface area contributed by atoms with Crippen LogP contribution in [0.25, 0.3) is 61.2 Å². The van der Waals surface area contributed by atoms with Crippen LogP contribution in [-0.2, 0) is 0 Å². The van der Waals surface area contributed by atoms with Gasteiger partial charge in [0.1, 0.15) is 0 Å². The zero-order valence-corrected chi connectivity index (χ0v) is 26.3. The van der Waals surface area contributed by atoms with Crippen molar-refractivity contribution in [3.05, 3.63) is 77.7 Å². The van der Waals surface area contributed by atoms with Crippen LogP contribution in [0.2, 0.25) is 0 Å². The largest absolute Gasteiger partial charge is 0.377 e. The predicted molar refractivity (Wildman–Crippen MR) is 185 cm³/mol. The summed E-state index contributed by atoms with van der Waals surface area (Å²) in [6.45, 7) is 5.53. The third kappa shape index (κ3) is 5.09. The van der Waals surface area contributed by atoms with E-state index < -0.39 is 0 Å². The average molecular weight is 596 g/mol. The third-order valence-electron chi connectivity index (χ3n) is 7.81. The number of benzene rings is 3. The van der Waals surface area contributed by atoms with Crippen molar-refractivity contribution in [2.45, 2.75) is 52.4 Å². The SMILES string of the molecule is CCCCCCCCNc1ccc(-c2ccc3c(c2)sc2cc4c(cc23)sc2cc(-c3ccc(C)s3)ccc24)s1. The predicted octanol–water partition coefficient (Wildman–Crippen LogP) is 13.0. The molecule has 0 aliphatic rings. The summed E-state index contributed by atoms with van der Waals surface area (Å²) in [7, 11) is 0. The van der Waals surface area contributed by atoms with E-state index >= 15 is 0 Å². The fourth-order valence-electron chi connectivity index (χ4n) is 5.65. The van der Waals surface area contributed by atoms with Crippen molar-refractivity contribution in [2.75, 3.05) is 11.9 Å². The Hall–Kier alpha value is -2.70. The lowest BCUT2D eigenvalue weighted by Gasteiger charge is -2.03. The van der Waals surface area contributed by atoms with E-state index in [0.717, 1.165) is 6.54 Å². The number of hydrogen-bond acceptors (Lipinski definition) is 5. The van der Waals surface area contributed by atoms with Crippen LogP contribution in [0, 0.1) is 6.92 Å². The summed E-state index contributed by atoms with van der Waals surface area (Å²) >= 11 is 7.60. The van der Waals surface area contributed by atoms with Crippen LogP contribution in [0.5, 0.6) is 0 Å². The molecule has 202 valence electrons. The molecule has 7 aromatic rings. The Morgan fingerprint density at radius 2 is 1.10 bits per heavy atom. The summed E-state index contributed by atoms with van der Waals surface area (Å²) in [5.74, 6) is 0. The van der Waals surface area contributed by atoms with Gasteiger partial charge < -0.3 is 5.32 Å². The minimum absolute atomic E-state index is 1.07. The number of rotatable bonds is 10. The van der Waals surface area contributed by atoms with Crippen molar-refractivity contribution in [2.24, 2.45) is 0 Å². The molecular weight excluding hydrogens is 563 g/mol. The summed E-state index contributed by atoms with van der Waals surface area (Å²) in [6, 6.07) is 27.9. The Balaban J connectivity index is 1.13. The van der Waals surface area contributed by atoms with Crippen molar-refractivity contribution < 1.29 is 0 Å². The van der Waals surface area contributed by atoms with Crippen LogP contribution in [0.4, 0.5) is 5.00 Å². The number of thiophene rings is 4.